The number of nitrogens with zero attached hydrogens (tertiary/aromatic N) is 5. The van der Waals surface area contributed by atoms with Gasteiger partial charge in [-0.05, 0) is 74.5 Å². The number of likely N-dealkylation sites (tertiary alicyclic amines) is 1. The van der Waals surface area contributed by atoms with Crippen LogP contribution in [-0.4, -0.2) is 61.9 Å². The van der Waals surface area contributed by atoms with Gasteiger partial charge in [0, 0.05) is 31.4 Å². The zero-order chi connectivity index (χ0) is 29.2. The van der Waals surface area contributed by atoms with E-state index in [0.29, 0.717) is 33.9 Å². The molecule has 5 aromatic rings. The number of pyridine rings is 1. The number of hydrogen-bond donors (Lipinski definition) is 1. The van der Waals surface area contributed by atoms with Crippen LogP contribution >= 0.6 is 0 Å². The van der Waals surface area contributed by atoms with Gasteiger partial charge in [-0.2, -0.15) is 9.78 Å². The van der Waals surface area contributed by atoms with E-state index in [9.17, 15) is 14.0 Å². The van der Waals surface area contributed by atoms with Crippen LogP contribution in [0.2, 0.25) is 0 Å². The summed E-state index contributed by atoms with van der Waals surface area (Å²) >= 11 is 0. The maximum Gasteiger partial charge on any atom is 0.282 e. The molecule has 0 bridgehead atoms. The molecule has 0 spiro atoms. The van der Waals surface area contributed by atoms with E-state index >= 15 is 4.39 Å². The number of fused-ring (bicyclic) bond motifs is 1. The van der Waals surface area contributed by atoms with Crippen LogP contribution in [0, 0.1) is 11.6 Å². The summed E-state index contributed by atoms with van der Waals surface area (Å²) in [4.78, 5) is 32.4. The number of H-pyrrole nitrogens is 1. The Balaban J connectivity index is 1.20. The van der Waals surface area contributed by atoms with Crippen LogP contribution in [-0.2, 0) is 6.42 Å². The first-order chi connectivity index (χ1) is 20.4. The number of hydrogen-bond acceptors (Lipinski definition) is 8. The quantitative estimate of drug-likeness (QED) is 0.271. The van der Waals surface area contributed by atoms with Gasteiger partial charge in [-0.1, -0.05) is 6.07 Å². The van der Waals surface area contributed by atoms with Gasteiger partial charge in [-0.15, -0.1) is 5.10 Å². The summed E-state index contributed by atoms with van der Waals surface area (Å²) in [5.74, 6) is -1.09. The number of rotatable bonds is 8. The average Bonchev–Trinajstić information content (AvgIpc) is 3.38. The van der Waals surface area contributed by atoms with Gasteiger partial charge in [0.2, 0.25) is 5.88 Å². The molecule has 1 N–H and O–H groups in total. The molecule has 1 saturated heterocycles. The molecule has 10 nitrogen and oxygen atoms in total. The van der Waals surface area contributed by atoms with E-state index in [1.807, 2.05) is 7.05 Å². The summed E-state index contributed by atoms with van der Waals surface area (Å²) < 4.78 is 41.6. The Morgan fingerprint density at radius 2 is 1.90 bits per heavy atom. The lowest BCUT2D eigenvalue weighted by Gasteiger charge is -2.29. The molecule has 4 heterocycles. The van der Waals surface area contributed by atoms with Crippen molar-refractivity contribution < 1.29 is 23.0 Å². The summed E-state index contributed by atoms with van der Waals surface area (Å²) in [5, 5.41) is 11.6. The highest BCUT2D eigenvalue weighted by Gasteiger charge is 2.23. The van der Waals surface area contributed by atoms with Crippen molar-refractivity contribution in [3.8, 4) is 23.1 Å². The molecule has 1 aliphatic rings. The van der Waals surface area contributed by atoms with Crippen LogP contribution in [0.3, 0.4) is 0 Å². The minimum atomic E-state index is -0.691. The number of nitrogens with one attached hydrogen (secondary N) is 1. The first-order valence-electron chi connectivity index (χ1n) is 13.4. The van der Waals surface area contributed by atoms with Crippen molar-refractivity contribution >= 4 is 16.8 Å². The minimum absolute atomic E-state index is 0.0444. The topological polar surface area (TPSA) is 115 Å². The van der Waals surface area contributed by atoms with Gasteiger partial charge in [0.25, 0.3) is 5.56 Å². The van der Waals surface area contributed by atoms with E-state index in [1.54, 1.807) is 12.1 Å². The number of piperidine rings is 1. The highest BCUT2D eigenvalue weighted by atomic mass is 19.1. The van der Waals surface area contributed by atoms with E-state index in [4.69, 9.17) is 9.47 Å². The Morgan fingerprint density at radius 1 is 1.07 bits per heavy atom. The SMILES string of the molecule is CN1CCC[C@H](Oc2n[nH]c3nccc(Oc4ccc(CC(=O)c5ccnn(-c6ccc(F)cc6)c5=O)cc4F)c23)C1. The lowest BCUT2D eigenvalue weighted by Crippen LogP contribution is -2.38. The summed E-state index contributed by atoms with van der Waals surface area (Å²) in [5.41, 5.74) is 0.326. The molecule has 1 atom stereocenters. The van der Waals surface area contributed by atoms with Gasteiger partial charge in [-0.3, -0.25) is 14.7 Å². The fraction of sp³-hybridized carbons (Fsp3) is 0.233. The van der Waals surface area contributed by atoms with Crippen LogP contribution in [0.5, 0.6) is 17.4 Å². The van der Waals surface area contributed by atoms with Crippen molar-refractivity contribution in [2.75, 3.05) is 20.1 Å². The van der Waals surface area contributed by atoms with Gasteiger partial charge in [0.1, 0.15) is 23.1 Å². The monoisotopic (exact) mass is 572 g/mol. The number of carbonyl (C=O) groups excluding carboxylic acids is 1. The number of aromatic nitrogens is 5. The van der Waals surface area contributed by atoms with Crippen molar-refractivity contribution in [2.24, 2.45) is 0 Å². The van der Waals surface area contributed by atoms with Gasteiger partial charge in [0.05, 0.1) is 11.3 Å². The third-order valence-corrected chi connectivity index (χ3v) is 7.05. The van der Waals surface area contributed by atoms with Crippen LogP contribution in [0.25, 0.3) is 16.7 Å². The molecule has 1 aliphatic heterocycles. The van der Waals surface area contributed by atoms with E-state index < -0.39 is 23.0 Å². The molecular weight excluding hydrogens is 546 g/mol. The molecule has 0 unspecified atom stereocenters. The lowest BCUT2D eigenvalue weighted by molar-refractivity contribution is 0.0990. The highest BCUT2D eigenvalue weighted by molar-refractivity contribution is 5.97. The van der Waals surface area contributed by atoms with E-state index in [2.05, 4.69) is 25.2 Å². The number of aromatic amines is 1. The second kappa shape index (κ2) is 11.5. The zero-order valence-electron chi connectivity index (χ0n) is 22.6. The Labute approximate surface area is 238 Å². The molecule has 2 aromatic carbocycles. The predicted molar refractivity (Wildman–Crippen MR) is 149 cm³/mol. The lowest BCUT2D eigenvalue weighted by atomic mass is 10.0. The predicted octanol–water partition coefficient (Wildman–Crippen LogP) is 4.47. The Bertz CT molecular complexity index is 1820. The smallest absolute Gasteiger partial charge is 0.282 e. The molecule has 6 rings (SSSR count). The maximum atomic E-state index is 15.2. The number of ether oxygens (including phenoxy) is 2. The fourth-order valence-electron chi connectivity index (χ4n) is 4.97. The number of Topliss-reactive ketones (excluding diaryl/α,β-unsaturated/α-hetero) is 1. The Morgan fingerprint density at radius 3 is 2.69 bits per heavy atom. The number of ketones is 1. The van der Waals surface area contributed by atoms with Gasteiger partial charge in [-0.25, -0.2) is 13.8 Å². The molecule has 42 heavy (non-hydrogen) atoms. The first kappa shape index (κ1) is 27.2. The van der Waals surface area contributed by atoms with Crippen molar-refractivity contribution in [1.82, 2.24) is 29.9 Å². The number of likely N-dealkylation sites (N-methyl/N-ethyl adjacent to an activating group) is 1. The molecular formula is C30H26F2N6O4. The normalized spacial score (nSPS) is 15.5. The average molecular weight is 573 g/mol. The van der Waals surface area contributed by atoms with Crippen molar-refractivity contribution in [3.05, 3.63) is 100 Å². The Kier molecular flexibility index (Phi) is 7.44. The fourth-order valence-corrected chi connectivity index (χ4v) is 4.97. The molecule has 0 radical (unpaired) electrons. The largest absolute Gasteiger partial charge is 0.471 e. The minimum Gasteiger partial charge on any atom is -0.471 e. The maximum absolute atomic E-state index is 15.2. The summed E-state index contributed by atoms with van der Waals surface area (Å²) in [6.45, 7) is 1.77. The van der Waals surface area contributed by atoms with E-state index in [-0.39, 0.29) is 23.8 Å². The van der Waals surface area contributed by atoms with E-state index in [1.165, 1.54) is 54.9 Å². The molecule has 1 fully saturated rings. The van der Waals surface area contributed by atoms with Gasteiger partial charge in [0.15, 0.2) is 23.0 Å². The second-order valence-electron chi connectivity index (χ2n) is 10.1. The van der Waals surface area contributed by atoms with Crippen molar-refractivity contribution in [1.29, 1.82) is 0 Å². The molecule has 214 valence electrons. The molecule has 12 heteroatoms. The molecule has 0 amide bonds. The number of halogens is 2. The third kappa shape index (κ3) is 5.61. The first-order valence-corrected chi connectivity index (χ1v) is 13.4. The molecule has 0 saturated carbocycles. The second-order valence-corrected chi connectivity index (χ2v) is 10.1. The molecule has 0 aliphatic carbocycles. The van der Waals surface area contributed by atoms with Crippen LogP contribution in [0.4, 0.5) is 8.78 Å². The van der Waals surface area contributed by atoms with Gasteiger partial charge >= 0.3 is 0 Å². The van der Waals surface area contributed by atoms with Crippen LogP contribution in [0.1, 0.15) is 28.8 Å². The standard InChI is InChI=1S/C30H26F2N6O4/c1-37-14-2-3-21(17-37)41-29-27-26(11-12-33-28(27)35-36-29)42-25-9-4-18(15-23(25)32)16-24(39)22-10-13-34-38(30(22)40)20-7-5-19(31)6-8-20/h4-13,15,21H,2-3,14,16-17H2,1H3,(H,33,35,36)/t21-/m0/s1. The summed E-state index contributed by atoms with van der Waals surface area (Å²) in [6, 6.07) is 12.2. The molecule has 3 aromatic heterocycles. The summed E-state index contributed by atoms with van der Waals surface area (Å²) in [6.07, 6.45) is 4.46. The van der Waals surface area contributed by atoms with E-state index in [0.717, 1.165) is 30.6 Å². The summed E-state index contributed by atoms with van der Waals surface area (Å²) in [7, 11) is 2.04. The van der Waals surface area contributed by atoms with Crippen molar-refractivity contribution in [2.45, 2.75) is 25.4 Å². The zero-order valence-corrected chi connectivity index (χ0v) is 22.6. The van der Waals surface area contributed by atoms with Crippen LogP contribution < -0.4 is 15.0 Å². The van der Waals surface area contributed by atoms with Crippen molar-refractivity contribution in [3.63, 3.8) is 0 Å². The number of carbonyl (C=O) groups is 1. The third-order valence-electron chi connectivity index (χ3n) is 7.05. The number of benzene rings is 2. The van der Waals surface area contributed by atoms with Gasteiger partial charge < -0.3 is 14.4 Å². The Hall–Kier alpha value is -4.97. The van der Waals surface area contributed by atoms with Crippen LogP contribution in [0.15, 0.2) is 71.8 Å². The highest BCUT2D eigenvalue weighted by Crippen LogP contribution is 2.36.